The van der Waals surface area contributed by atoms with Gasteiger partial charge in [-0.15, -0.1) is 0 Å². The zero-order valence-corrected chi connectivity index (χ0v) is 5.37. The molecule has 8 heavy (non-hydrogen) atoms. The van der Waals surface area contributed by atoms with Crippen LogP contribution in [0.15, 0.2) is 12.2 Å². The van der Waals surface area contributed by atoms with Gasteiger partial charge in [0.05, 0.1) is 0 Å². The number of alkyl halides is 1. The maximum atomic E-state index is 12.3. The summed E-state index contributed by atoms with van der Waals surface area (Å²) < 4.78 is 12.3. The van der Waals surface area contributed by atoms with Gasteiger partial charge in [0.15, 0.2) is 6.30 Å². The highest BCUT2D eigenvalue weighted by Crippen LogP contribution is 1.96. The second-order valence-corrected chi connectivity index (χ2v) is 1.77. The van der Waals surface area contributed by atoms with Crippen LogP contribution in [0, 0.1) is 0 Å². The topological polar surface area (TPSA) is 12.0 Å². The van der Waals surface area contributed by atoms with Gasteiger partial charge >= 0.3 is 0 Å². The van der Waals surface area contributed by atoms with Crippen molar-refractivity contribution in [2.45, 2.75) is 20.1 Å². The Hall–Kier alpha value is -0.370. The lowest BCUT2D eigenvalue weighted by Crippen LogP contribution is -2.24. The van der Waals surface area contributed by atoms with Crippen LogP contribution in [0.4, 0.5) is 4.39 Å². The first-order chi connectivity index (χ1) is 3.68. The molecule has 1 atom stereocenters. The maximum absolute atomic E-state index is 12.3. The molecule has 0 radical (unpaired) electrons. The Bertz CT molecular complexity index is 80.6. The number of hydrogen-bond acceptors (Lipinski definition) is 1. The number of hydrogen-bond donors (Lipinski definition) is 1. The average Bonchev–Trinajstić information content (AvgIpc) is 1.67. The van der Waals surface area contributed by atoms with E-state index in [0.29, 0.717) is 12.1 Å². The monoisotopic (exact) mass is 117 g/mol. The first-order valence-electron chi connectivity index (χ1n) is 2.71. The molecule has 0 spiro atoms. The molecular formula is C6H12FN. The third-order valence-corrected chi connectivity index (χ3v) is 0.816. The van der Waals surface area contributed by atoms with Gasteiger partial charge < -0.3 is 0 Å². The Morgan fingerprint density at radius 2 is 2.38 bits per heavy atom. The van der Waals surface area contributed by atoms with Crippen molar-refractivity contribution in [1.29, 1.82) is 0 Å². The summed E-state index contributed by atoms with van der Waals surface area (Å²) >= 11 is 0. The molecule has 1 N–H and O–H groups in total. The molecule has 0 amide bonds. The third-order valence-electron chi connectivity index (χ3n) is 0.816. The maximum Gasteiger partial charge on any atom is 0.172 e. The first kappa shape index (κ1) is 7.63. The van der Waals surface area contributed by atoms with Crippen molar-refractivity contribution in [1.82, 2.24) is 5.32 Å². The molecule has 0 aliphatic rings. The summed E-state index contributed by atoms with van der Waals surface area (Å²) in [5.41, 5.74) is 0.534. The minimum atomic E-state index is -1.03. The average molecular weight is 117 g/mol. The van der Waals surface area contributed by atoms with Crippen LogP contribution in [0.2, 0.25) is 0 Å². The van der Waals surface area contributed by atoms with Crippen LogP contribution in [-0.4, -0.2) is 12.8 Å². The van der Waals surface area contributed by atoms with E-state index in [2.05, 4.69) is 11.9 Å². The second kappa shape index (κ2) is 3.61. The SMILES string of the molecule is C=C(C)C(F)NCC. The van der Waals surface area contributed by atoms with Gasteiger partial charge in [-0.1, -0.05) is 13.5 Å². The molecule has 0 rings (SSSR count). The van der Waals surface area contributed by atoms with Crippen LogP contribution < -0.4 is 5.32 Å². The highest BCUT2D eigenvalue weighted by molar-refractivity contribution is 4.94. The number of nitrogens with one attached hydrogen (secondary N) is 1. The lowest BCUT2D eigenvalue weighted by molar-refractivity contribution is 0.324. The lowest BCUT2D eigenvalue weighted by atomic mass is 10.3. The second-order valence-electron chi connectivity index (χ2n) is 1.77. The zero-order valence-electron chi connectivity index (χ0n) is 5.37. The molecule has 1 unspecified atom stereocenters. The number of likely N-dealkylation sites (N-methyl/N-ethyl adjacent to an activating group) is 1. The quantitative estimate of drug-likeness (QED) is 0.436. The van der Waals surface area contributed by atoms with Gasteiger partial charge in [0.25, 0.3) is 0 Å². The minimum Gasteiger partial charge on any atom is -0.285 e. The first-order valence-corrected chi connectivity index (χ1v) is 2.71. The van der Waals surface area contributed by atoms with E-state index in [1.165, 1.54) is 0 Å². The molecule has 0 fully saturated rings. The standard InChI is InChI=1S/C6H12FN/c1-4-8-6(7)5(2)3/h6,8H,2,4H2,1,3H3. The molecule has 0 saturated carbocycles. The minimum absolute atomic E-state index is 0.534. The van der Waals surface area contributed by atoms with Gasteiger partial charge in [-0.3, -0.25) is 5.32 Å². The van der Waals surface area contributed by atoms with Gasteiger partial charge in [-0.05, 0) is 19.0 Å². The molecule has 0 aromatic heterocycles. The van der Waals surface area contributed by atoms with Crippen molar-refractivity contribution in [2.24, 2.45) is 0 Å². The normalized spacial score (nSPS) is 13.4. The summed E-state index contributed by atoms with van der Waals surface area (Å²) in [7, 11) is 0. The van der Waals surface area contributed by atoms with E-state index in [-0.39, 0.29) is 0 Å². The summed E-state index contributed by atoms with van der Waals surface area (Å²) in [5, 5.41) is 2.58. The van der Waals surface area contributed by atoms with Gasteiger partial charge in [-0.2, -0.15) is 0 Å². The number of halogens is 1. The van der Waals surface area contributed by atoms with Crippen molar-refractivity contribution in [3.05, 3.63) is 12.2 Å². The Kier molecular flexibility index (Phi) is 3.44. The lowest BCUT2D eigenvalue weighted by Gasteiger charge is -2.05. The Balaban J connectivity index is 3.32. The molecule has 0 saturated heterocycles. The molecule has 0 heterocycles. The Morgan fingerprint density at radius 3 is 2.50 bits per heavy atom. The van der Waals surface area contributed by atoms with Crippen molar-refractivity contribution < 1.29 is 4.39 Å². The smallest absolute Gasteiger partial charge is 0.172 e. The van der Waals surface area contributed by atoms with Crippen LogP contribution in [0.25, 0.3) is 0 Å². The van der Waals surface area contributed by atoms with E-state index >= 15 is 0 Å². The molecule has 0 aliphatic heterocycles. The van der Waals surface area contributed by atoms with Gasteiger partial charge in [0.2, 0.25) is 0 Å². The van der Waals surface area contributed by atoms with Crippen LogP contribution >= 0.6 is 0 Å². The fourth-order valence-electron chi connectivity index (χ4n) is 0.353. The summed E-state index contributed by atoms with van der Waals surface area (Å²) in [6, 6.07) is 0. The third kappa shape index (κ3) is 2.75. The summed E-state index contributed by atoms with van der Waals surface area (Å²) in [6.45, 7) is 7.60. The Morgan fingerprint density at radius 1 is 1.88 bits per heavy atom. The fraction of sp³-hybridized carbons (Fsp3) is 0.667. The largest absolute Gasteiger partial charge is 0.285 e. The fourth-order valence-corrected chi connectivity index (χ4v) is 0.353. The predicted octanol–water partition coefficient (Wildman–Crippen LogP) is 1.47. The van der Waals surface area contributed by atoms with E-state index in [4.69, 9.17) is 0 Å². The van der Waals surface area contributed by atoms with E-state index in [0.717, 1.165) is 0 Å². The van der Waals surface area contributed by atoms with E-state index in [1.807, 2.05) is 6.92 Å². The van der Waals surface area contributed by atoms with Crippen LogP contribution in [-0.2, 0) is 0 Å². The van der Waals surface area contributed by atoms with Crippen LogP contribution in [0.3, 0.4) is 0 Å². The summed E-state index contributed by atoms with van der Waals surface area (Å²) in [5.74, 6) is 0. The van der Waals surface area contributed by atoms with Crippen LogP contribution in [0.5, 0.6) is 0 Å². The van der Waals surface area contributed by atoms with Crippen molar-refractivity contribution in [2.75, 3.05) is 6.54 Å². The van der Waals surface area contributed by atoms with Gasteiger partial charge in [0.1, 0.15) is 0 Å². The van der Waals surface area contributed by atoms with E-state index in [9.17, 15) is 4.39 Å². The summed E-state index contributed by atoms with van der Waals surface area (Å²) in [6.07, 6.45) is -1.03. The molecule has 1 nitrogen and oxygen atoms in total. The highest BCUT2D eigenvalue weighted by Gasteiger charge is 2.00. The predicted molar refractivity (Wildman–Crippen MR) is 33.4 cm³/mol. The van der Waals surface area contributed by atoms with Crippen molar-refractivity contribution in [3.8, 4) is 0 Å². The zero-order chi connectivity index (χ0) is 6.57. The molecule has 0 aliphatic carbocycles. The highest BCUT2D eigenvalue weighted by atomic mass is 19.1. The molecular weight excluding hydrogens is 105 g/mol. The van der Waals surface area contributed by atoms with Crippen molar-refractivity contribution in [3.63, 3.8) is 0 Å². The van der Waals surface area contributed by atoms with Gasteiger partial charge in [0, 0.05) is 0 Å². The summed E-state index contributed by atoms with van der Waals surface area (Å²) in [4.78, 5) is 0. The van der Waals surface area contributed by atoms with E-state index in [1.54, 1.807) is 6.92 Å². The van der Waals surface area contributed by atoms with E-state index < -0.39 is 6.30 Å². The molecule has 2 heteroatoms. The van der Waals surface area contributed by atoms with Crippen LogP contribution in [0.1, 0.15) is 13.8 Å². The van der Waals surface area contributed by atoms with Crippen molar-refractivity contribution >= 4 is 0 Å². The van der Waals surface area contributed by atoms with Gasteiger partial charge in [-0.25, -0.2) is 4.39 Å². The molecule has 48 valence electrons. The molecule has 0 aromatic carbocycles. The molecule has 0 aromatic rings. The Labute approximate surface area is 49.6 Å². The molecule has 0 bridgehead atoms. The number of rotatable bonds is 3.